The molecule has 0 spiro atoms. The van der Waals surface area contributed by atoms with E-state index in [1.165, 1.54) is 7.11 Å². The van der Waals surface area contributed by atoms with E-state index in [4.69, 9.17) is 15.2 Å². The maximum absolute atomic E-state index is 11.7. The van der Waals surface area contributed by atoms with Crippen LogP contribution in [0.15, 0.2) is 30.5 Å². The fourth-order valence-electron chi connectivity index (χ4n) is 1.81. The van der Waals surface area contributed by atoms with E-state index in [-0.39, 0.29) is 0 Å². The van der Waals surface area contributed by atoms with Gasteiger partial charge in [-0.1, -0.05) is 0 Å². The molecule has 0 fully saturated rings. The third-order valence-electron chi connectivity index (χ3n) is 2.95. The van der Waals surface area contributed by atoms with Crippen molar-refractivity contribution >= 4 is 11.7 Å². The van der Waals surface area contributed by atoms with Crippen molar-refractivity contribution in [3.8, 4) is 11.5 Å². The van der Waals surface area contributed by atoms with E-state index in [2.05, 4.69) is 4.98 Å². The van der Waals surface area contributed by atoms with Crippen LogP contribution in [0.3, 0.4) is 0 Å². The Hall–Kier alpha value is -2.56. The number of aromatic nitrogens is 1. The number of carbonyl (C=O) groups is 1. The van der Waals surface area contributed by atoms with E-state index >= 15 is 0 Å². The number of carbonyl (C=O) groups excluding carboxylic acids is 1. The summed E-state index contributed by atoms with van der Waals surface area (Å²) >= 11 is 0. The Bertz CT molecular complexity index is 654. The first-order chi connectivity index (χ1) is 9.52. The Morgan fingerprint density at radius 2 is 2.05 bits per heavy atom. The summed E-state index contributed by atoms with van der Waals surface area (Å²) in [4.78, 5) is 15.8. The average molecular weight is 272 g/mol. The number of methoxy groups -OCH3 is 1. The van der Waals surface area contributed by atoms with Crippen molar-refractivity contribution in [2.45, 2.75) is 13.8 Å². The number of hydrogen-bond acceptors (Lipinski definition) is 5. The van der Waals surface area contributed by atoms with E-state index < -0.39 is 5.97 Å². The molecule has 2 rings (SSSR count). The summed E-state index contributed by atoms with van der Waals surface area (Å²) < 4.78 is 10.5. The number of ether oxygens (including phenoxy) is 2. The van der Waals surface area contributed by atoms with Crippen LogP contribution in [0.25, 0.3) is 0 Å². The minimum Gasteiger partial charge on any atom is -0.465 e. The number of benzene rings is 1. The van der Waals surface area contributed by atoms with Crippen LogP contribution in [-0.2, 0) is 4.74 Å². The van der Waals surface area contributed by atoms with Gasteiger partial charge in [-0.15, -0.1) is 0 Å². The molecule has 5 heteroatoms. The highest BCUT2D eigenvalue weighted by molar-refractivity contribution is 5.96. The predicted molar refractivity (Wildman–Crippen MR) is 76.0 cm³/mol. The number of hydrogen-bond donors (Lipinski definition) is 1. The number of aryl methyl sites for hydroxylation is 2. The van der Waals surface area contributed by atoms with Crippen LogP contribution in [0.2, 0.25) is 0 Å². The predicted octanol–water partition coefficient (Wildman–Crippen LogP) is 2.86. The summed E-state index contributed by atoms with van der Waals surface area (Å²) in [6, 6.07) is 6.94. The molecule has 0 saturated carbocycles. The number of rotatable bonds is 3. The summed E-state index contributed by atoms with van der Waals surface area (Å²) in [6.45, 7) is 3.66. The Balaban J connectivity index is 2.41. The topological polar surface area (TPSA) is 74.4 Å². The smallest absolute Gasteiger partial charge is 0.340 e. The third kappa shape index (κ3) is 2.71. The van der Waals surface area contributed by atoms with Gasteiger partial charge in [-0.2, -0.15) is 0 Å². The Morgan fingerprint density at radius 1 is 1.30 bits per heavy atom. The Kier molecular flexibility index (Phi) is 3.89. The van der Waals surface area contributed by atoms with Crippen molar-refractivity contribution in [3.63, 3.8) is 0 Å². The zero-order valence-corrected chi connectivity index (χ0v) is 11.6. The molecule has 0 atom stereocenters. The van der Waals surface area contributed by atoms with Gasteiger partial charge in [-0.3, -0.25) is 4.98 Å². The van der Waals surface area contributed by atoms with E-state index in [1.807, 2.05) is 19.9 Å². The van der Waals surface area contributed by atoms with Gasteiger partial charge in [0.2, 0.25) is 0 Å². The van der Waals surface area contributed by atoms with Gasteiger partial charge in [0, 0.05) is 11.9 Å². The normalized spacial score (nSPS) is 10.2. The monoisotopic (exact) mass is 272 g/mol. The van der Waals surface area contributed by atoms with Crippen LogP contribution in [0.5, 0.6) is 11.5 Å². The van der Waals surface area contributed by atoms with Crippen LogP contribution in [0.4, 0.5) is 5.69 Å². The summed E-state index contributed by atoms with van der Waals surface area (Å²) in [5.74, 6) is 0.666. The molecule has 0 aliphatic heterocycles. The fourth-order valence-corrected chi connectivity index (χ4v) is 1.81. The first kappa shape index (κ1) is 13.9. The molecule has 0 aliphatic rings. The van der Waals surface area contributed by atoms with E-state index in [0.717, 1.165) is 11.3 Å². The molecule has 2 aromatic rings. The number of esters is 1. The van der Waals surface area contributed by atoms with Crippen molar-refractivity contribution in [2.75, 3.05) is 12.8 Å². The standard InChI is InChI=1S/C15H16N2O3/c1-9-7-11(8-12(14(9)16)15(18)19-3)20-13-5-4-6-17-10(13)2/h4-8H,16H2,1-3H3. The highest BCUT2D eigenvalue weighted by Crippen LogP contribution is 2.29. The number of anilines is 1. The van der Waals surface area contributed by atoms with Crippen LogP contribution < -0.4 is 10.5 Å². The minimum atomic E-state index is -0.487. The molecule has 1 aromatic carbocycles. The fraction of sp³-hybridized carbons (Fsp3) is 0.200. The second-order valence-corrected chi connectivity index (χ2v) is 4.38. The number of pyridine rings is 1. The lowest BCUT2D eigenvalue weighted by Crippen LogP contribution is -2.07. The number of nitrogen functional groups attached to an aromatic ring is 1. The second kappa shape index (κ2) is 5.61. The lowest BCUT2D eigenvalue weighted by Gasteiger charge is -2.12. The van der Waals surface area contributed by atoms with Crippen molar-refractivity contribution < 1.29 is 14.3 Å². The third-order valence-corrected chi connectivity index (χ3v) is 2.95. The van der Waals surface area contributed by atoms with Crippen molar-refractivity contribution in [1.82, 2.24) is 4.98 Å². The zero-order valence-electron chi connectivity index (χ0n) is 11.6. The molecule has 0 aliphatic carbocycles. The van der Waals surface area contributed by atoms with Crippen molar-refractivity contribution in [2.24, 2.45) is 0 Å². The van der Waals surface area contributed by atoms with Crippen LogP contribution in [0, 0.1) is 13.8 Å². The summed E-state index contributed by atoms with van der Waals surface area (Å²) in [5, 5.41) is 0. The molecule has 0 amide bonds. The van der Waals surface area contributed by atoms with Gasteiger partial charge in [0.1, 0.15) is 11.5 Å². The van der Waals surface area contributed by atoms with Gasteiger partial charge < -0.3 is 15.2 Å². The minimum absolute atomic E-state index is 0.295. The lowest BCUT2D eigenvalue weighted by molar-refractivity contribution is 0.0601. The zero-order chi connectivity index (χ0) is 14.7. The summed E-state index contributed by atoms with van der Waals surface area (Å²) in [6.07, 6.45) is 1.69. The van der Waals surface area contributed by atoms with Crippen LogP contribution >= 0.6 is 0 Å². The second-order valence-electron chi connectivity index (χ2n) is 4.38. The number of nitrogens with two attached hydrogens (primary N) is 1. The van der Waals surface area contributed by atoms with E-state index in [9.17, 15) is 4.79 Å². The Morgan fingerprint density at radius 3 is 2.70 bits per heavy atom. The largest absolute Gasteiger partial charge is 0.465 e. The van der Waals surface area contributed by atoms with Gasteiger partial charge >= 0.3 is 5.97 Å². The molecule has 0 bridgehead atoms. The lowest BCUT2D eigenvalue weighted by atomic mass is 10.1. The maximum atomic E-state index is 11.7. The molecule has 104 valence electrons. The molecular weight excluding hydrogens is 256 g/mol. The van der Waals surface area contributed by atoms with Crippen molar-refractivity contribution in [1.29, 1.82) is 0 Å². The summed E-state index contributed by atoms with van der Waals surface area (Å²) in [7, 11) is 1.32. The molecule has 1 aromatic heterocycles. The average Bonchev–Trinajstić information content (AvgIpc) is 2.44. The molecule has 0 radical (unpaired) electrons. The van der Waals surface area contributed by atoms with Gasteiger partial charge in [-0.25, -0.2) is 4.79 Å². The SMILES string of the molecule is COC(=O)c1cc(Oc2cccnc2C)cc(C)c1N. The summed E-state index contributed by atoms with van der Waals surface area (Å²) in [5.41, 5.74) is 8.09. The molecule has 2 N–H and O–H groups in total. The molecule has 0 saturated heterocycles. The van der Waals surface area contributed by atoms with Gasteiger partial charge in [0.15, 0.2) is 0 Å². The van der Waals surface area contributed by atoms with E-state index in [1.54, 1.807) is 24.4 Å². The molecule has 5 nitrogen and oxygen atoms in total. The van der Waals surface area contributed by atoms with Crippen molar-refractivity contribution in [3.05, 3.63) is 47.3 Å². The Labute approximate surface area is 117 Å². The first-order valence-electron chi connectivity index (χ1n) is 6.11. The van der Waals surface area contributed by atoms with Crippen LogP contribution in [-0.4, -0.2) is 18.1 Å². The van der Waals surface area contributed by atoms with Gasteiger partial charge in [-0.05, 0) is 43.7 Å². The molecule has 0 unspecified atom stereocenters. The molecule has 1 heterocycles. The van der Waals surface area contributed by atoms with Gasteiger partial charge in [0.25, 0.3) is 0 Å². The highest BCUT2D eigenvalue weighted by atomic mass is 16.5. The maximum Gasteiger partial charge on any atom is 0.340 e. The highest BCUT2D eigenvalue weighted by Gasteiger charge is 2.14. The molecular formula is C15H16N2O3. The number of nitrogens with zero attached hydrogens (tertiary/aromatic N) is 1. The first-order valence-corrected chi connectivity index (χ1v) is 6.11. The molecule has 20 heavy (non-hydrogen) atoms. The van der Waals surface area contributed by atoms with Crippen LogP contribution in [0.1, 0.15) is 21.6 Å². The van der Waals surface area contributed by atoms with Gasteiger partial charge in [0.05, 0.1) is 18.4 Å². The quantitative estimate of drug-likeness (QED) is 0.687. The van der Waals surface area contributed by atoms with E-state index in [0.29, 0.717) is 22.7 Å².